The first-order chi connectivity index (χ1) is 7.17. The summed E-state index contributed by atoms with van der Waals surface area (Å²) in [6.45, 7) is 2.08. The van der Waals surface area contributed by atoms with Crippen LogP contribution in [0.4, 0.5) is 0 Å². The van der Waals surface area contributed by atoms with E-state index in [0.717, 1.165) is 10.6 Å². The maximum Gasteiger partial charge on any atom is 0.100 e. The number of hydrogen-bond acceptors (Lipinski definition) is 2. The van der Waals surface area contributed by atoms with Crippen LogP contribution in [0.15, 0.2) is 23.1 Å². The van der Waals surface area contributed by atoms with E-state index < -0.39 is 0 Å². The molecule has 0 aliphatic heterocycles. The van der Waals surface area contributed by atoms with E-state index in [9.17, 15) is 0 Å². The lowest BCUT2D eigenvalue weighted by molar-refractivity contribution is 0.759. The molecule has 0 amide bonds. The summed E-state index contributed by atoms with van der Waals surface area (Å²) in [7, 11) is 0. The van der Waals surface area contributed by atoms with E-state index in [1.165, 1.54) is 0 Å². The highest BCUT2D eigenvalue weighted by molar-refractivity contribution is 7.99. The zero-order valence-electron chi connectivity index (χ0n) is 8.34. The molecule has 0 radical (unpaired) electrons. The van der Waals surface area contributed by atoms with Crippen molar-refractivity contribution in [2.45, 2.75) is 11.8 Å². The number of rotatable bonds is 4. The molecule has 0 aliphatic rings. The predicted octanol–water partition coefficient (Wildman–Crippen LogP) is 4.18. The Morgan fingerprint density at radius 3 is 2.87 bits per heavy atom. The number of alkyl halides is 1. The Hall–Kier alpha value is -0.360. The topological polar surface area (TPSA) is 23.8 Å². The van der Waals surface area contributed by atoms with E-state index in [1.807, 2.05) is 6.07 Å². The first-order valence-corrected chi connectivity index (χ1v) is 6.45. The molecule has 0 heterocycles. The van der Waals surface area contributed by atoms with Crippen LogP contribution in [0.1, 0.15) is 12.5 Å². The zero-order valence-corrected chi connectivity index (χ0v) is 10.7. The van der Waals surface area contributed by atoms with Gasteiger partial charge < -0.3 is 0 Å². The molecule has 0 saturated heterocycles. The number of halogens is 2. The Morgan fingerprint density at radius 1 is 1.53 bits per heavy atom. The van der Waals surface area contributed by atoms with Crippen molar-refractivity contribution in [1.82, 2.24) is 0 Å². The van der Waals surface area contributed by atoms with Crippen LogP contribution in [0.2, 0.25) is 5.02 Å². The highest BCUT2D eigenvalue weighted by Gasteiger charge is 2.06. The summed E-state index contributed by atoms with van der Waals surface area (Å²) in [6, 6.07) is 7.45. The largest absolute Gasteiger partial charge is 0.192 e. The van der Waals surface area contributed by atoms with E-state index in [4.69, 9.17) is 28.5 Å². The molecule has 15 heavy (non-hydrogen) atoms. The van der Waals surface area contributed by atoms with Gasteiger partial charge in [-0.05, 0) is 24.1 Å². The summed E-state index contributed by atoms with van der Waals surface area (Å²) in [5, 5.41) is 9.56. The summed E-state index contributed by atoms with van der Waals surface area (Å²) in [5.74, 6) is 1.97. The third kappa shape index (κ3) is 3.95. The van der Waals surface area contributed by atoms with Crippen LogP contribution in [0.5, 0.6) is 0 Å². The van der Waals surface area contributed by atoms with Crippen LogP contribution in [0.25, 0.3) is 0 Å². The molecule has 1 atom stereocenters. The molecule has 0 fully saturated rings. The Labute approximate surface area is 104 Å². The maximum atomic E-state index is 8.90. The second-order valence-electron chi connectivity index (χ2n) is 3.32. The SMILES string of the molecule is CC(CCl)CSc1cc(Cl)ccc1C#N. The van der Waals surface area contributed by atoms with Gasteiger partial charge >= 0.3 is 0 Å². The number of nitriles is 1. The van der Waals surface area contributed by atoms with Gasteiger partial charge in [-0.3, -0.25) is 0 Å². The monoisotopic (exact) mass is 259 g/mol. The van der Waals surface area contributed by atoms with Crippen molar-refractivity contribution >= 4 is 35.0 Å². The van der Waals surface area contributed by atoms with E-state index >= 15 is 0 Å². The molecule has 0 N–H and O–H groups in total. The Bertz CT molecular complexity index is 373. The van der Waals surface area contributed by atoms with E-state index in [1.54, 1.807) is 23.9 Å². The van der Waals surface area contributed by atoms with Gasteiger partial charge in [-0.25, -0.2) is 0 Å². The zero-order chi connectivity index (χ0) is 11.3. The van der Waals surface area contributed by atoms with Crippen LogP contribution in [-0.2, 0) is 0 Å². The van der Waals surface area contributed by atoms with Crippen LogP contribution in [0, 0.1) is 17.2 Å². The van der Waals surface area contributed by atoms with Gasteiger partial charge in [-0.15, -0.1) is 23.4 Å². The molecule has 1 rings (SSSR count). The van der Waals surface area contributed by atoms with Crippen molar-refractivity contribution in [2.24, 2.45) is 5.92 Å². The minimum Gasteiger partial charge on any atom is -0.192 e. The van der Waals surface area contributed by atoms with Crippen molar-refractivity contribution in [3.63, 3.8) is 0 Å². The normalized spacial score (nSPS) is 12.1. The van der Waals surface area contributed by atoms with E-state index in [0.29, 0.717) is 22.4 Å². The van der Waals surface area contributed by atoms with Gasteiger partial charge in [-0.1, -0.05) is 18.5 Å². The Morgan fingerprint density at radius 2 is 2.27 bits per heavy atom. The smallest absolute Gasteiger partial charge is 0.100 e. The summed E-state index contributed by atoms with van der Waals surface area (Å²) < 4.78 is 0. The fourth-order valence-corrected chi connectivity index (χ4v) is 2.52. The third-order valence-electron chi connectivity index (χ3n) is 1.85. The van der Waals surface area contributed by atoms with Crippen molar-refractivity contribution in [2.75, 3.05) is 11.6 Å². The van der Waals surface area contributed by atoms with Crippen molar-refractivity contribution < 1.29 is 0 Å². The lowest BCUT2D eigenvalue weighted by atomic mass is 10.2. The lowest BCUT2D eigenvalue weighted by Gasteiger charge is -2.08. The van der Waals surface area contributed by atoms with E-state index in [2.05, 4.69) is 13.0 Å². The molecule has 80 valence electrons. The fraction of sp³-hybridized carbons (Fsp3) is 0.364. The van der Waals surface area contributed by atoms with Gasteiger partial charge in [0.2, 0.25) is 0 Å². The Kier molecular flexibility index (Phi) is 5.31. The quantitative estimate of drug-likeness (QED) is 0.599. The summed E-state index contributed by atoms with van der Waals surface area (Å²) >= 11 is 13.2. The molecule has 0 aliphatic carbocycles. The number of hydrogen-bond donors (Lipinski definition) is 0. The molecule has 4 heteroatoms. The first-order valence-electron chi connectivity index (χ1n) is 4.55. The number of benzene rings is 1. The predicted molar refractivity (Wildman–Crippen MR) is 66.8 cm³/mol. The van der Waals surface area contributed by atoms with Gasteiger partial charge in [0.05, 0.1) is 5.56 Å². The molecule has 0 aromatic heterocycles. The van der Waals surface area contributed by atoms with Gasteiger partial charge in [0.1, 0.15) is 6.07 Å². The van der Waals surface area contributed by atoms with Crippen LogP contribution >= 0.6 is 35.0 Å². The molecular weight excluding hydrogens is 249 g/mol. The minimum atomic E-state index is 0.433. The molecule has 1 aromatic carbocycles. The Balaban J connectivity index is 2.75. The molecule has 0 spiro atoms. The van der Waals surface area contributed by atoms with Crippen molar-refractivity contribution in [1.29, 1.82) is 5.26 Å². The van der Waals surface area contributed by atoms with Crippen molar-refractivity contribution in [3.8, 4) is 6.07 Å². The highest BCUT2D eigenvalue weighted by atomic mass is 35.5. The maximum absolute atomic E-state index is 8.90. The average molecular weight is 260 g/mol. The molecule has 1 nitrogen and oxygen atoms in total. The molecule has 0 bridgehead atoms. The van der Waals surface area contributed by atoms with Gasteiger partial charge in [0, 0.05) is 21.6 Å². The third-order valence-corrected chi connectivity index (χ3v) is 4.00. The van der Waals surface area contributed by atoms with Crippen LogP contribution in [0.3, 0.4) is 0 Å². The molecule has 1 unspecified atom stereocenters. The van der Waals surface area contributed by atoms with Gasteiger partial charge in [0.25, 0.3) is 0 Å². The first kappa shape index (κ1) is 12.7. The van der Waals surface area contributed by atoms with Crippen LogP contribution < -0.4 is 0 Å². The molecular formula is C11H11Cl2NS. The molecule has 1 aromatic rings. The standard InChI is InChI=1S/C11H11Cl2NS/c1-8(5-12)7-15-11-4-10(13)3-2-9(11)6-14/h2-4,8H,5,7H2,1H3. The molecule has 0 saturated carbocycles. The van der Waals surface area contributed by atoms with Crippen LogP contribution in [-0.4, -0.2) is 11.6 Å². The second-order valence-corrected chi connectivity index (χ2v) is 5.13. The second kappa shape index (κ2) is 6.27. The van der Waals surface area contributed by atoms with Gasteiger partial charge in [0.15, 0.2) is 0 Å². The number of nitrogens with zero attached hydrogens (tertiary/aromatic N) is 1. The summed E-state index contributed by atoms with van der Waals surface area (Å²) in [5.41, 5.74) is 0.672. The highest BCUT2D eigenvalue weighted by Crippen LogP contribution is 2.27. The van der Waals surface area contributed by atoms with Crippen molar-refractivity contribution in [3.05, 3.63) is 28.8 Å². The van der Waals surface area contributed by atoms with Gasteiger partial charge in [-0.2, -0.15) is 5.26 Å². The summed E-state index contributed by atoms with van der Waals surface area (Å²) in [6.07, 6.45) is 0. The van der Waals surface area contributed by atoms with E-state index in [-0.39, 0.29) is 0 Å². The number of thioether (sulfide) groups is 1. The minimum absolute atomic E-state index is 0.433. The summed E-state index contributed by atoms with van der Waals surface area (Å²) in [4.78, 5) is 0.932. The lowest BCUT2D eigenvalue weighted by Crippen LogP contribution is -1.99. The fourth-order valence-electron chi connectivity index (χ4n) is 0.985. The average Bonchev–Trinajstić information content (AvgIpc) is 2.26.